The number of carbonyl (C=O) groups is 2. The molecule has 4 heteroatoms. The van der Waals surface area contributed by atoms with E-state index >= 15 is 0 Å². The lowest BCUT2D eigenvalue weighted by Crippen LogP contribution is -2.13. The Morgan fingerprint density at radius 1 is 1.38 bits per heavy atom. The molecule has 1 aliphatic carbocycles. The van der Waals surface area contributed by atoms with Gasteiger partial charge in [0.15, 0.2) is 0 Å². The van der Waals surface area contributed by atoms with Crippen molar-refractivity contribution in [2.45, 2.75) is 6.92 Å². The van der Waals surface area contributed by atoms with Gasteiger partial charge in [0, 0.05) is 0 Å². The molecule has 1 aliphatic rings. The molecule has 16 heavy (non-hydrogen) atoms. The fourth-order valence-corrected chi connectivity index (χ4v) is 1.26. The summed E-state index contributed by atoms with van der Waals surface area (Å²) in [6, 6.07) is 0. The van der Waals surface area contributed by atoms with Crippen molar-refractivity contribution in [3.8, 4) is 0 Å². The molecule has 0 spiro atoms. The summed E-state index contributed by atoms with van der Waals surface area (Å²) >= 11 is 0. The number of esters is 2. The Labute approximate surface area is 94.2 Å². The maximum atomic E-state index is 11.4. The Morgan fingerprint density at radius 2 is 2.12 bits per heavy atom. The highest BCUT2D eigenvalue weighted by atomic mass is 16.5. The fourth-order valence-electron chi connectivity index (χ4n) is 1.26. The smallest absolute Gasteiger partial charge is 0.337 e. The van der Waals surface area contributed by atoms with Crippen LogP contribution >= 0.6 is 0 Å². The van der Waals surface area contributed by atoms with Crippen LogP contribution in [0, 0.1) is 5.92 Å². The Hall–Kier alpha value is -1.84. The van der Waals surface area contributed by atoms with Gasteiger partial charge in [-0.1, -0.05) is 24.3 Å². The molecule has 0 aromatic heterocycles. The zero-order valence-electron chi connectivity index (χ0n) is 9.30. The van der Waals surface area contributed by atoms with E-state index in [-0.39, 0.29) is 5.97 Å². The van der Waals surface area contributed by atoms with Crippen LogP contribution in [0.25, 0.3) is 0 Å². The van der Waals surface area contributed by atoms with E-state index in [9.17, 15) is 9.59 Å². The van der Waals surface area contributed by atoms with Gasteiger partial charge >= 0.3 is 11.9 Å². The van der Waals surface area contributed by atoms with Crippen LogP contribution in [-0.4, -0.2) is 25.7 Å². The molecule has 4 nitrogen and oxygen atoms in total. The van der Waals surface area contributed by atoms with E-state index in [2.05, 4.69) is 4.74 Å². The van der Waals surface area contributed by atoms with Crippen molar-refractivity contribution in [3.63, 3.8) is 0 Å². The topological polar surface area (TPSA) is 52.6 Å². The summed E-state index contributed by atoms with van der Waals surface area (Å²) in [6.45, 7) is 2.09. The summed E-state index contributed by atoms with van der Waals surface area (Å²) in [7, 11) is 1.31. The van der Waals surface area contributed by atoms with Crippen LogP contribution in [0.1, 0.15) is 6.92 Å². The van der Waals surface area contributed by atoms with Crippen LogP contribution < -0.4 is 0 Å². The number of ether oxygens (including phenoxy) is 2. The number of allylic oxidation sites excluding steroid dienone is 2. The highest BCUT2D eigenvalue weighted by Crippen LogP contribution is 2.12. The molecule has 0 fully saturated rings. The quantitative estimate of drug-likeness (QED) is 0.677. The van der Waals surface area contributed by atoms with Crippen LogP contribution in [0.5, 0.6) is 0 Å². The van der Waals surface area contributed by atoms with Crippen molar-refractivity contribution in [2.75, 3.05) is 13.7 Å². The van der Waals surface area contributed by atoms with Gasteiger partial charge in [0.25, 0.3) is 0 Å². The molecule has 1 unspecified atom stereocenters. The molecule has 0 amide bonds. The van der Waals surface area contributed by atoms with Gasteiger partial charge in [-0.05, 0) is 13.0 Å². The van der Waals surface area contributed by atoms with Crippen molar-refractivity contribution in [1.82, 2.24) is 0 Å². The largest absolute Gasteiger partial charge is 0.465 e. The summed E-state index contributed by atoms with van der Waals surface area (Å²) in [6.07, 6.45) is 8.09. The number of methoxy groups -OCH3 is 1. The van der Waals surface area contributed by atoms with E-state index in [4.69, 9.17) is 4.74 Å². The van der Waals surface area contributed by atoms with Crippen molar-refractivity contribution in [1.29, 1.82) is 0 Å². The van der Waals surface area contributed by atoms with E-state index in [0.717, 1.165) is 0 Å². The monoisotopic (exact) mass is 222 g/mol. The van der Waals surface area contributed by atoms with E-state index in [1.54, 1.807) is 37.3 Å². The zero-order chi connectivity index (χ0) is 12.0. The first-order chi connectivity index (χ1) is 7.69. The molecular weight excluding hydrogens is 208 g/mol. The minimum absolute atomic E-state index is 0.325. The Kier molecular flexibility index (Phi) is 4.51. The summed E-state index contributed by atoms with van der Waals surface area (Å²) < 4.78 is 9.46. The molecule has 0 aromatic carbocycles. The van der Waals surface area contributed by atoms with Crippen LogP contribution in [0.15, 0.2) is 36.0 Å². The van der Waals surface area contributed by atoms with Crippen molar-refractivity contribution in [3.05, 3.63) is 36.0 Å². The summed E-state index contributed by atoms with van der Waals surface area (Å²) in [5, 5.41) is 0. The second kappa shape index (κ2) is 5.90. The molecule has 1 atom stereocenters. The lowest BCUT2D eigenvalue weighted by molar-refractivity contribution is -0.144. The number of hydrogen-bond donors (Lipinski definition) is 0. The van der Waals surface area contributed by atoms with Crippen molar-refractivity contribution >= 4 is 11.9 Å². The van der Waals surface area contributed by atoms with E-state index in [1.807, 2.05) is 0 Å². The van der Waals surface area contributed by atoms with E-state index < -0.39 is 11.9 Å². The first kappa shape index (κ1) is 12.2. The van der Waals surface area contributed by atoms with Crippen molar-refractivity contribution < 1.29 is 19.1 Å². The maximum Gasteiger partial charge on any atom is 0.337 e. The Balaban J connectivity index is 2.74. The fraction of sp³-hybridized carbons (Fsp3) is 0.333. The van der Waals surface area contributed by atoms with Crippen LogP contribution in [0.2, 0.25) is 0 Å². The molecule has 0 bridgehead atoms. The maximum absolute atomic E-state index is 11.4. The van der Waals surface area contributed by atoms with Gasteiger partial charge in [-0.3, -0.25) is 4.79 Å². The van der Waals surface area contributed by atoms with Gasteiger partial charge in [-0.15, -0.1) is 0 Å². The standard InChI is InChI=1S/C12H14O4/c1-3-16-12(14)10-6-4-5-9(7-8-10)11(13)15-2/h4-8,10H,3H2,1-2H3. The SMILES string of the molecule is CCOC(=O)C1C=CC=C(C(=O)OC)C=C1. The molecule has 86 valence electrons. The summed E-state index contributed by atoms with van der Waals surface area (Å²) in [5.41, 5.74) is 0.408. The third kappa shape index (κ3) is 3.08. The van der Waals surface area contributed by atoms with Gasteiger partial charge in [0.2, 0.25) is 0 Å². The Bertz CT molecular complexity index is 363. The molecule has 0 aliphatic heterocycles. The highest BCUT2D eigenvalue weighted by Gasteiger charge is 2.15. The molecule has 0 aromatic rings. The summed E-state index contributed by atoms with van der Waals surface area (Å²) in [5.74, 6) is -1.20. The Morgan fingerprint density at radius 3 is 2.75 bits per heavy atom. The van der Waals surface area contributed by atoms with Crippen LogP contribution in [0.3, 0.4) is 0 Å². The molecule has 0 saturated heterocycles. The minimum Gasteiger partial charge on any atom is -0.465 e. The van der Waals surface area contributed by atoms with Gasteiger partial charge in [-0.2, -0.15) is 0 Å². The van der Waals surface area contributed by atoms with Gasteiger partial charge < -0.3 is 9.47 Å². The predicted molar refractivity (Wildman–Crippen MR) is 58.5 cm³/mol. The van der Waals surface area contributed by atoms with Gasteiger partial charge in [-0.25, -0.2) is 4.79 Å². The average Bonchev–Trinajstić information content (AvgIpc) is 2.53. The summed E-state index contributed by atoms with van der Waals surface area (Å²) in [4.78, 5) is 22.7. The van der Waals surface area contributed by atoms with Gasteiger partial charge in [0.05, 0.1) is 25.2 Å². The minimum atomic E-state index is -0.446. The molecule has 0 radical (unpaired) electrons. The first-order valence-electron chi connectivity index (χ1n) is 5.00. The average molecular weight is 222 g/mol. The normalized spacial score (nSPS) is 18.6. The lowest BCUT2D eigenvalue weighted by atomic mass is 10.1. The number of rotatable bonds is 3. The predicted octanol–water partition coefficient (Wildman–Crippen LogP) is 1.39. The zero-order valence-corrected chi connectivity index (χ0v) is 9.30. The van der Waals surface area contributed by atoms with Crippen LogP contribution in [-0.2, 0) is 19.1 Å². The second-order valence-electron chi connectivity index (χ2n) is 3.14. The van der Waals surface area contributed by atoms with Crippen molar-refractivity contribution in [2.24, 2.45) is 5.92 Å². The second-order valence-corrected chi connectivity index (χ2v) is 3.14. The van der Waals surface area contributed by atoms with E-state index in [0.29, 0.717) is 12.2 Å². The highest BCUT2D eigenvalue weighted by molar-refractivity contribution is 5.92. The van der Waals surface area contributed by atoms with Crippen LogP contribution in [0.4, 0.5) is 0 Å². The number of hydrogen-bond acceptors (Lipinski definition) is 4. The van der Waals surface area contributed by atoms with E-state index in [1.165, 1.54) is 7.11 Å². The number of carbonyl (C=O) groups excluding carboxylic acids is 2. The van der Waals surface area contributed by atoms with Gasteiger partial charge in [0.1, 0.15) is 0 Å². The first-order valence-corrected chi connectivity index (χ1v) is 5.00. The molecular formula is C12H14O4. The molecule has 0 heterocycles. The molecule has 0 saturated carbocycles. The molecule has 0 N–H and O–H groups in total. The molecule has 1 rings (SSSR count). The third-order valence-electron chi connectivity index (χ3n) is 2.06. The lowest BCUT2D eigenvalue weighted by Gasteiger charge is -2.05. The third-order valence-corrected chi connectivity index (χ3v) is 2.06.